The zero-order chi connectivity index (χ0) is 14.6. The molecule has 4 nitrogen and oxygen atoms in total. The molecule has 0 atom stereocenters. The topological polar surface area (TPSA) is 47.6 Å². The summed E-state index contributed by atoms with van der Waals surface area (Å²) in [7, 11) is 0. The van der Waals surface area contributed by atoms with Crippen LogP contribution in [0.15, 0.2) is 18.2 Å². The average Bonchev–Trinajstić information content (AvgIpc) is 2.42. The van der Waals surface area contributed by atoms with Crippen molar-refractivity contribution in [2.75, 3.05) is 19.8 Å². The number of carbonyl (C=O) groups is 1. The highest BCUT2D eigenvalue weighted by Crippen LogP contribution is 2.21. The third kappa shape index (κ3) is 3.81. The van der Waals surface area contributed by atoms with Crippen LogP contribution in [0.25, 0.3) is 0 Å². The molecule has 20 heavy (non-hydrogen) atoms. The number of carbonyl (C=O) groups excluding carboxylic acids is 1. The van der Waals surface area contributed by atoms with Gasteiger partial charge in [0.15, 0.2) is 5.79 Å². The molecule has 1 aliphatic rings. The van der Waals surface area contributed by atoms with Gasteiger partial charge in [0.2, 0.25) is 0 Å². The first-order valence-electron chi connectivity index (χ1n) is 7.13. The van der Waals surface area contributed by atoms with Gasteiger partial charge in [-0.25, -0.2) is 0 Å². The molecular weight excluding hydrogens is 254 g/mol. The number of benzene rings is 1. The number of ether oxygens (including phenoxy) is 2. The lowest BCUT2D eigenvalue weighted by atomic mass is 10.1. The quantitative estimate of drug-likeness (QED) is 0.920. The molecule has 1 aromatic carbocycles. The first-order chi connectivity index (χ1) is 9.50. The normalized spacial score (nSPS) is 17.8. The summed E-state index contributed by atoms with van der Waals surface area (Å²) in [6.07, 6.45) is 1.59. The minimum absolute atomic E-state index is 0.0486. The van der Waals surface area contributed by atoms with Crippen LogP contribution < -0.4 is 5.32 Å². The van der Waals surface area contributed by atoms with E-state index in [2.05, 4.69) is 5.32 Å². The third-order valence-electron chi connectivity index (χ3n) is 3.74. The Balaban J connectivity index is 1.84. The van der Waals surface area contributed by atoms with Crippen molar-refractivity contribution in [1.82, 2.24) is 5.32 Å². The number of hydrogen-bond donors (Lipinski definition) is 1. The molecule has 0 aromatic heterocycles. The highest BCUT2D eigenvalue weighted by Gasteiger charge is 2.28. The number of amides is 1. The molecule has 1 aliphatic heterocycles. The highest BCUT2D eigenvalue weighted by atomic mass is 16.7. The fourth-order valence-corrected chi connectivity index (χ4v) is 2.21. The fraction of sp³-hybridized carbons (Fsp3) is 0.562. The third-order valence-corrected chi connectivity index (χ3v) is 3.74. The van der Waals surface area contributed by atoms with E-state index in [9.17, 15) is 4.79 Å². The van der Waals surface area contributed by atoms with Gasteiger partial charge in [0.05, 0.1) is 13.2 Å². The van der Waals surface area contributed by atoms with E-state index in [1.165, 1.54) is 5.56 Å². The largest absolute Gasteiger partial charge is 0.352 e. The van der Waals surface area contributed by atoms with Crippen molar-refractivity contribution in [2.24, 2.45) is 0 Å². The summed E-state index contributed by atoms with van der Waals surface area (Å²) in [6.45, 7) is 7.96. The van der Waals surface area contributed by atoms with E-state index < -0.39 is 5.79 Å². The van der Waals surface area contributed by atoms with Crippen LogP contribution in [-0.2, 0) is 9.47 Å². The summed E-state index contributed by atoms with van der Waals surface area (Å²) in [4.78, 5) is 12.1. The molecule has 1 heterocycles. The first-order valence-corrected chi connectivity index (χ1v) is 7.13. The van der Waals surface area contributed by atoms with E-state index in [1.807, 2.05) is 39.0 Å². The molecule has 0 spiro atoms. The first kappa shape index (κ1) is 15.0. The van der Waals surface area contributed by atoms with Crippen molar-refractivity contribution in [2.45, 2.75) is 39.4 Å². The van der Waals surface area contributed by atoms with Gasteiger partial charge in [-0.2, -0.15) is 0 Å². The second-order valence-corrected chi connectivity index (χ2v) is 5.49. The van der Waals surface area contributed by atoms with Gasteiger partial charge in [0, 0.05) is 18.5 Å². The zero-order valence-corrected chi connectivity index (χ0v) is 12.5. The van der Waals surface area contributed by atoms with Gasteiger partial charge in [-0.1, -0.05) is 6.07 Å². The standard InChI is InChI=1S/C16H23NO3/c1-12-5-6-14(11-13(12)2)15(18)17-8-7-16(3)19-9-4-10-20-16/h5-6,11H,4,7-10H2,1-3H3,(H,17,18). The number of aryl methyl sites for hydroxylation is 2. The minimum atomic E-state index is -0.561. The van der Waals surface area contributed by atoms with Gasteiger partial charge in [0.1, 0.15) is 0 Å². The van der Waals surface area contributed by atoms with E-state index in [1.54, 1.807) is 0 Å². The highest BCUT2D eigenvalue weighted by molar-refractivity contribution is 5.94. The molecule has 1 aromatic rings. The van der Waals surface area contributed by atoms with Gasteiger partial charge in [-0.3, -0.25) is 4.79 Å². The Morgan fingerprint density at radius 1 is 1.25 bits per heavy atom. The van der Waals surface area contributed by atoms with Crippen LogP contribution in [0.4, 0.5) is 0 Å². The smallest absolute Gasteiger partial charge is 0.251 e. The predicted octanol–water partition coefficient (Wildman–Crippen LogP) is 2.58. The van der Waals surface area contributed by atoms with E-state index in [0.717, 1.165) is 25.2 Å². The van der Waals surface area contributed by atoms with Gasteiger partial charge in [-0.05, 0) is 50.5 Å². The number of nitrogens with one attached hydrogen (secondary N) is 1. The Morgan fingerprint density at radius 3 is 2.60 bits per heavy atom. The molecule has 1 amide bonds. The van der Waals surface area contributed by atoms with Crippen LogP contribution in [0.3, 0.4) is 0 Å². The Labute approximate surface area is 120 Å². The van der Waals surface area contributed by atoms with Crippen molar-refractivity contribution in [3.8, 4) is 0 Å². The van der Waals surface area contributed by atoms with Crippen LogP contribution >= 0.6 is 0 Å². The van der Waals surface area contributed by atoms with Crippen LogP contribution in [0.1, 0.15) is 41.3 Å². The SMILES string of the molecule is Cc1ccc(C(=O)NCCC2(C)OCCCO2)cc1C. The molecular formula is C16H23NO3. The molecule has 1 saturated heterocycles. The molecule has 0 unspecified atom stereocenters. The zero-order valence-electron chi connectivity index (χ0n) is 12.5. The van der Waals surface area contributed by atoms with E-state index in [-0.39, 0.29) is 5.91 Å². The van der Waals surface area contributed by atoms with E-state index >= 15 is 0 Å². The van der Waals surface area contributed by atoms with Gasteiger partial charge >= 0.3 is 0 Å². The maximum Gasteiger partial charge on any atom is 0.251 e. The van der Waals surface area contributed by atoms with Crippen molar-refractivity contribution in [3.05, 3.63) is 34.9 Å². The van der Waals surface area contributed by atoms with Crippen molar-refractivity contribution < 1.29 is 14.3 Å². The average molecular weight is 277 g/mol. The molecule has 110 valence electrons. The molecule has 1 fully saturated rings. The Bertz CT molecular complexity index is 479. The van der Waals surface area contributed by atoms with Crippen LogP contribution in [0.5, 0.6) is 0 Å². The molecule has 0 radical (unpaired) electrons. The Kier molecular flexibility index (Phi) is 4.78. The van der Waals surface area contributed by atoms with Crippen LogP contribution in [-0.4, -0.2) is 31.5 Å². The molecule has 0 saturated carbocycles. The van der Waals surface area contributed by atoms with E-state index in [4.69, 9.17) is 9.47 Å². The summed E-state index contributed by atoms with van der Waals surface area (Å²) in [5, 5.41) is 2.92. The molecule has 0 bridgehead atoms. The monoisotopic (exact) mass is 277 g/mol. The van der Waals surface area contributed by atoms with Gasteiger partial charge in [-0.15, -0.1) is 0 Å². The van der Waals surface area contributed by atoms with Crippen molar-refractivity contribution >= 4 is 5.91 Å². The fourth-order valence-electron chi connectivity index (χ4n) is 2.21. The van der Waals surface area contributed by atoms with Gasteiger partial charge in [0.25, 0.3) is 5.91 Å². The molecule has 1 N–H and O–H groups in total. The summed E-state index contributed by atoms with van der Waals surface area (Å²) in [6, 6.07) is 5.74. The molecule has 2 rings (SSSR count). The maximum atomic E-state index is 12.1. The number of hydrogen-bond acceptors (Lipinski definition) is 3. The van der Waals surface area contributed by atoms with Crippen molar-refractivity contribution in [1.29, 1.82) is 0 Å². The number of rotatable bonds is 4. The molecule has 4 heteroatoms. The second-order valence-electron chi connectivity index (χ2n) is 5.49. The Hall–Kier alpha value is -1.39. The lowest BCUT2D eigenvalue weighted by Crippen LogP contribution is -2.41. The predicted molar refractivity (Wildman–Crippen MR) is 77.8 cm³/mol. The summed E-state index contributed by atoms with van der Waals surface area (Å²) in [5.41, 5.74) is 3.02. The summed E-state index contributed by atoms with van der Waals surface area (Å²) < 4.78 is 11.2. The summed E-state index contributed by atoms with van der Waals surface area (Å²) >= 11 is 0. The van der Waals surface area contributed by atoms with Crippen LogP contribution in [0.2, 0.25) is 0 Å². The van der Waals surface area contributed by atoms with E-state index in [0.29, 0.717) is 18.5 Å². The minimum Gasteiger partial charge on any atom is -0.352 e. The lowest BCUT2D eigenvalue weighted by molar-refractivity contribution is -0.257. The Morgan fingerprint density at radius 2 is 1.95 bits per heavy atom. The molecule has 0 aliphatic carbocycles. The lowest BCUT2D eigenvalue weighted by Gasteiger charge is -2.33. The van der Waals surface area contributed by atoms with Gasteiger partial charge < -0.3 is 14.8 Å². The second kappa shape index (κ2) is 6.37. The van der Waals surface area contributed by atoms with Crippen LogP contribution in [0, 0.1) is 13.8 Å². The van der Waals surface area contributed by atoms with Crippen molar-refractivity contribution in [3.63, 3.8) is 0 Å². The summed E-state index contributed by atoms with van der Waals surface area (Å²) in [5.74, 6) is -0.609. The maximum absolute atomic E-state index is 12.1.